The number of nitrogens with two attached hydrogens (primary N) is 1. The summed E-state index contributed by atoms with van der Waals surface area (Å²) >= 11 is 0. The van der Waals surface area contributed by atoms with Crippen molar-refractivity contribution >= 4 is 7.60 Å². The van der Waals surface area contributed by atoms with E-state index in [1.807, 2.05) is 0 Å². The lowest BCUT2D eigenvalue weighted by Crippen LogP contribution is -2.15. The molecule has 0 aromatic heterocycles. The Morgan fingerprint density at radius 1 is 1.88 bits per heavy atom. The minimum atomic E-state index is -3.47. The van der Waals surface area contributed by atoms with Crippen LogP contribution < -0.4 is 5.73 Å². The monoisotopic (exact) mass is 139 g/mol. The smallest absolute Gasteiger partial charge is 0.323 e. The molecule has 2 unspecified atom stereocenters. The zero-order chi connectivity index (χ0) is 6.78. The molecular weight excluding hydrogens is 129 g/mol. The fraction of sp³-hybridized carbons (Fsp3) is 1.00. The van der Waals surface area contributed by atoms with Crippen molar-refractivity contribution in [2.75, 3.05) is 7.11 Å². The summed E-state index contributed by atoms with van der Waals surface area (Å²) in [6.07, 6.45) is 0. The van der Waals surface area contributed by atoms with Gasteiger partial charge < -0.3 is 15.2 Å². The topological polar surface area (TPSA) is 72.5 Å². The van der Waals surface area contributed by atoms with Gasteiger partial charge in [-0.25, -0.2) is 0 Å². The molecule has 0 bridgehead atoms. The highest BCUT2D eigenvalue weighted by molar-refractivity contribution is 7.53. The molecule has 5 heteroatoms. The molecule has 0 aromatic carbocycles. The average molecular weight is 139 g/mol. The summed E-state index contributed by atoms with van der Waals surface area (Å²) < 4.78 is 14.7. The van der Waals surface area contributed by atoms with Gasteiger partial charge in [-0.2, -0.15) is 0 Å². The Morgan fingerprint density at radius 2 is 2.25 bits per heavy atom. The maximum atomic E-state index is 10.5. The van der Waals surface area contributed by atoms with Gasteiger partial charge in [-0.15, -0.1) is 0 Å². The van der Waals surface area contributed by atoms with E-state index < -0.39 is 13.4 Å². The van der Waals surface area contributed by atoms with Gasteiger partial charge in [0, 0.05) is 7.11 Å². The van der Waals surface area contributed by atoms with E-state index in [0.29, 0.717) is 0 Å². The van der Waals surface area contributed by atoms with Gasteiger partial charge in [0.05, 0.1) is 0 Å². The van der Waals surface area contributed by atoms with Crippen LogP contribution in [-0.2, 0) is 9.09 Å². The molecule has 0 fully saturated rings. The molecule has 0 spiro atoms. The summed E-state index contributed by atoms with van der Waals surface area (Å²) in [6.45, 7) is 1.42. The zero-order valence-electron chi connectivity index (χ0n) is 4.87. The van der Waals surface area contributed by atoms with Crippen molar-refractivity contribution in [2.45, 2.75) is 12.7 Å². The van der Waals surface area contributed by atoms with Gasteiger partial charge in [-0.05, 0) is 6.92 Å². The standard InChI is InChI=1S/C3H10NO3P/c1-3(4)8(5,6)7-2/h3H,4H2,1-2H3,(H,5,6). The van der Waals surface area contributed by atoms with Gasteiger partial charge in [-0.3, -0.25) is 4.57 Å². The van der Waals surface area contributed by atoms with Crippen LogP contribution in [0.2, 0.25) is 0 Å². The van der Waals surface area contributed by atoms with E-state index in [1.165, 1.54) is 6.92 Å². The normalized spacial score (nSPS) is 22.0. The van der Waals surface area contributed by atoms with Crippen molar-refractivity contribution < 1.29 is 14.0 Å². The Balaban J connectivity index is 3.93. The maximum absolute atomic E-state index is 10.5. The van der Waals surface area contributed by atoms with E-state index in [9.17, 15) is 4.57 Å². The van der Waals surface area contributed by atoms with Crippen LogP contribution in [0.25, 0.3) is 0 Å². The first-order chi connectivity index (χ1) is 3.50. The minimum Gasteiger partial charge on any atom is -0.323 e. The lowest BCUT2D eigenvalue weighted by molar-refractivity contribution is 0.306. The van der Waals surface area contributed by atoms with Crippen molar-refractivity contribution in [1.82, 2.24) is 0 Å². The van der Waals surface area contributed by atoms with Crippen molar-refractivity contribution in [3.05, 3.63) is 0 Å². The van der Waals surface area contributed by atoms with Crippen molar-refractivity contribution in [2.24, 2.45) is 5.73 Å². The lowest BCUT2D eigenvalue weighted by Gasteiger charge is -2.10. The third-order valence-corrected chi connectivity index (χ3v) is 2.33. The van der Waals surface area contributed by atoms with Gasteiger partial charge in [0.25, 0.3) is 0 Å². The molecule has 0 aliphatic rings. The van der Waals surface area contributed by atoms with E-state index in [0.717, 1.165) is 7.11 Å². The molecule has 8 heavy (non-hydrogen) atoms. The molecule has 0 radical (unpaired) electrons. The van der Waals surface area contributed by atoms with Crippen LogP contribution in [-0.4, -0.2) is 17.8 Å². The Hall–Kier alpha value is 0.110. The van der Waals surface area contributed by atoms with Gasteiger partial charge in [-0.1, -0.05) is 0 Å². The number of hydrogen-bond acceptors (Lipinski definition) is 3. The van der Waals surface area contributed by atoms with E-state index in [4.69, 9.17) is 10.6 Å². The second-order valence-corrected chi connectivity index (χ2v) is 3.80. The molecule has 3 N–H and O–H groups in total. The average Bonchev–Trinajstić information content (AvgIpc) is 1.67. The van der Waals surface area contributed by atoms with Crippen LogP contribution >= 0.6 is 7.60 Å². The van der Waals surface area contributed by atoms with Gasteiger partial charge in [0.15, 0.2) is 0 Å². The third-order valence-electron chi connectivity index (χ3n) is 0.776. The molecule has 0 aromatic rings. The Labute approximate surface area is 48.2 Å². The second-order valence-electron chi connectivity index (χ2n) is 1.49. The molecule has 0 aliphatic carbocycles. The molecule has 0 aliphatic heterocycles. The largest absolute Gasteiger partial charge is 0.344 e. The summed E-state index contributed by atoms with van der Waals surface area (Å²) in [4.78, 5) is 8.61. The van der Waals surface area contributed by atoms with E-state index >= 15 is 0 Å². The fourth-order valence-corrected chi connectivity index (χ4v) is 0.499. The van der Waals surface area contributed by atoms with Crippen LogP contribution in [0.3, 0.4) is 0 Å². The van der Waals surface area contributed by atoms with Crippen LogP contribution in [0.5, 0.6) is 0 Å². The molecule has 2 atom stereocenters. The first-order valence-corrected chi connectivity index (χ1v) is 3.79. The van der Waals surface area contributed by atoms with Crippen molar-refractivity contribution in [1.29, 1.82) is 0 Å². The molecule has 4 nitrogen and oxygen atoms in total. The molecule has 50 valence electrons. The van der Waals surface area contributed by atoms with Crippen LogP contribution in [0, 0.1) is 0 Å². The Morgan fingerprint density at radius 3 is 2.25 bits per heavy atom. The summed E-state index contributed by atoms with van der Waals surface area (Å²) in [5.41, 5.74) is 5.04. The van der Waals surface area contributed by atoms with Crippen LogP contribution in [0.15, 0.2) is 0 Å². The molecule has 0 saturated carbocycles. The highest BCUT2D eigenvalue weighted by Gasteiger charge is 2.22. The third kappa shape index (κ3) is 1.92. The van der Waals surface area contributed by atoms with E-state index in [1.54, 1.807) is 0 Å². The summed E-state index contributed by atoms with van der Waals surface area (Å²) in [5.74, 6) is -0.799. The summed E-state index contributed by atoms with van der Waals surface area (Å²) in [5, 5.41) is 0. The molecule has 0 heterocycles. The van der Waals surface area contributed by atoms with E-state index in [2.05, 4.69) is 4.52 Å². The van der Waals surface area contributed by atoms with Crippen LogP contribution in [0.4, 0.5) is 0 Å². The number of rotatable bonds is 2. The molecule has 0 saturated heterocycles. The summed E-state index contributed by atoms with van der Waals surface area (Å²) in [7, 11) is -2.31. The SMILES string of the molecule is COP(=O)(O)C(C)N. The van der Waals surface area contributed by atoms with Crippen LogP contribution in [0.1, 0.15) is 6.92 Å². The van der Waals surface area contributed by atoms with E-state index in [-0.39, 0.29) is 0 Å². The first-order valence-electron chi connectivity index (χ1n) is 2.14. The highest BCUT2D eigenvalue weighted by Crippen LogP contribution is 2.43. The van der Waals surface area contributed by atoms with Gasteiger partial charge in [0.1, 0.15) is 5.78 Å². The first kappa shape index (κ1) is 8.11. The van der Waals surface area contributed by atoms with Crippen molar-refractivity contribution in [3.63, 3.8) is 0 Å². The van der Waals surface area contributed by atoms with Crippen molar-refractivity contribution in [3.8, 4) is 0 Å². The zero-order valence-corrected chi connectivity index (χ0v) is 5.76. The molecular formula is C3H10NO3P. The fourth-order valence-electron chi connectivity index (χ4n) is 0.166. The predicted molar refractivity (Wildman–Crippen MR) is 30.5 cm³/mol. The minimum absolute atomic E-state index is 0.799. The number of hydrogen-bond donors (Lipinski definition) is 2. The highest BCUT2D eigenvalue weighted by atomic mass is 31.2. The maximum Gasteiger partial charge on any atom is 0.344 e. The Kier molecular flexibility index (Phi) is 2.63. The second kappa shape index (κ2) is 2.60. The summed E-state index contributed by atoms with van der Waals surface area (Å²) in [6, 6.07) is 0. The molecule has 0 rings (SSSR count). The van der Waals surface area contributed by atoms with Gasteiger partial charge in [0.2, 0.25) is 0 Å². The predicted octanol–water partition coefficient (Wildman–Crippen LogP) is 0.123. The quantitative estimate of drug-likeness (QED) is 0.533. The Bertz CT molecular complexity index is 113. The lowest BCUT2D eigenvalue weighted by atomic mass is 10.8. The van der Waals surface area contributed by atoms with Gasteiger partial charge >= 0.3 is 7.60 Å². The molecule has 0 amide bonds.